The van der Waals surface area contributed by atoms with E-state index < -0.39 is 23.9 Å². The zero-order valence-electron chi connectivity index (χ0n) is 12.8. The smallest absolute Gasteiger partial charge is 0.323 e. The van der Waals surface area contributed by atoms with Gasteiger partial charge in [-0.25, -0.2) is 9.67 Å². The highest BCUT2D eigenvalue weighted by molar-refractivity contribution is 5.94. The predicted octanol–water partition coefficient (Wildman–Crippen LogP) is 3.57. The van der Waals surface area contributed by atoms with Gasteiger partial charge in [0.2, 0.25) is 5.91 Å². The zero-order chi connectivity index (χ0) is 17.2. The van der Waals surface area contributed by atoms with E-state index in [1.807, 2.05) is 0 Å². The van der Waals surface area contributed by atoms with Gasteiger partial charge in [0.15, 0.2) is 5.82 Å². The third-order valence-corrected chi connectivity index (χ3v) is 4.27. The Morgan fingerprint density at radius 3 is 2.79 bits per heavy atom. The highest BCUT2D eigenvalue weighted by atomic mass is 19.4. The Kier molecular flexibility index (Phi) is 4.55. The molecule has 128 valence electrons. The summed E-state index contributed by atoms with van der Waals surface area (Å²) in [5.41, 5.74) is 0.431. The fourth-order valence-corrected chi connectivity index (χ4v) is 3.03. The third-order valence-electron chi connectivity index (χ3n) is 4.27. The van der Waals surface area contributed by atoms with Gasteiger partial charge in [0.1, 0.15) is 0 Å². The van der Waals surface area contributed by atoms with Crippen molar-refractivity contribution in [1.29, 1.82) is 0 Å². The second kappa shape index (κ2) is 6.62. The monoisotopic (exact) mass is 338 g/mol. The van der Waals surface area contributed by atoms with Gasteiger partial charge in [-0.2, -0.15) is 18.3 Å². The molecule has 2 aromatic heterocycles. The van der Waals surface area contributed by atoms with E-state index in [1.54, 1.807) is 36.8 Å². The molecule has 1 amide bonds. The number of hydrogen-bond donors (Lipinski definition) is 1. The van der Waals surface area contributed by atoms with Crippen LogP contribution in [-0.4, -0.2) is 26.8 Å². The molecule has 0 spiro atoms. The number of aromatic nitrogens is 3. The molecule has 5 nitrogen and oxygen atoms in total. The maximum atomic E-state index is 12.9. The minimum Gasteiger partial charge on any atom is -0.323 e. The molecule has 1 fully saturated rings. The molecule has 0 aromatic carbocycles. The molecule has 1 aliphatic carbocycles. The number of nitrogens with zero attached hydrogens (tertiary/aromatic N) is 3. The Bertz CT molecular complexity index is 700. The van der Waals surface area contributed by atoms with Gasteiger partial charge in [0.05, 0.1) is 11.6 Å². The molecule has 2 heterocycles. The molecule has 3 rings (SSSR count). The second-order valence-corrected chi connectivity index (χ2v) is 5.92. The molecule has 1 saturated carbocycles. The largest absolute Gasteiger partial charge is 0.391 e. The summed E-state index contributed by atoms with van der Waals surface area (Å²) >= 11 is 0. The van der Waals surface area contributed by atoms with Crippen LogP contribution >= 0.6 is 0 Å². The van der Waals surface area contributed by atoms with Crippen molar-refractivity contribution in [2.24, 2.45) is 11.8 Å². The summed E-state index contributed by atoms with van der Waals surface area (Å²) in [5.74, 6) is -2.01. The second-order valence-electron chi connectivity index (χ2n) is 5.92. The number of nitrogens with one attached hydrogen (secondary N) is 1. The van der Waals surface area contributed by atoms with E-state index in [-0.39, 0.29) is 12.8 Å². The number of amides is 1. The van der Waals surface area contributed by atoms with Crippen LogP contribution in [0.3, 0.4) is 0 Å². The van der Waals surface area contributed by atoms with Gasteiger partial charge in [-0.3, -0.25) is 4.79 Å². The fourth-order valence-electron chi connectivity index (χ4n) is 3.03. The zero-order valence-corrected chi connectivity index (χ0v) is 12.8. The number of halogens is 3. The lowest BCUT2D eigenvalue weighted by atomic mass is 9.80. The molecule has 1 N–H and O–H groups in total. The van der Waals surface area contributed by atoms with E-state index >= 15 is 0 Å². The lowest BCUT2D eigenvalue weighted by Gasteiger charge is -2.29. The molecule has 8 heteroatoms. The van der Waals surface area contributed by atoms with Crippen molar-refractivity contribution < 1.29 is 18.0 Å². The maximum absolute atomic E-state index is 12.9. The lowest BCUT2D eigenvalue weighted by Crippen LogP contribution is -2.34. The molecule has 0 unspecified atom stereocenters. The standard InChI is InChI=1S/C16H17F3N4O/c17-16(18,19)12-5-1-4-11(10-12)15(24)22-13-6-2-7-20-14(13)23-9-3-8-21-23/h2-3,6-9,11-12H,1,4-5,10H2,(H,22,24)/t11-,12-/m0/s1. The average molecular weight is 338 g/mol. The van der Waals surface area contributed by atoms with Gasteiger partial charge in [-0.05, 0) is 37.5 Å². The predicted molar refractivity (Wildman–Crippen MR) is 81.5 cm³/mol. The Balaban J connectivity index is 1.74. The first-order valence-electron chi connectivity index (χ1n) is 7.78. The highest BCUT2D eigenvalue weighted by Crippen LogP contribution is 2.40. The minimum atomic E-state index is -4.24. The van der Waals surface area contributed by atoms with Gasteiger partial charge in [-0.15, -0.1) is 0 Å². The maximum Gasteiger partial charge on any atom is 0.391 e. The molecule has 24 heavy (non-hydrogen) atoms. The SMILES string of the molecule is O=C(Nc1cccnc1-n1cccn1)[C@H]1CCC[C@H](C(F)(F)F)C1. The fraction of sp³-hybridized carbons (Fsp3) is 0.438. The molecule has 0 aliphatic heterocycles. The van der Waals surface area contributed by atoms with E-state index in [1.165, 1.54) is 4.68 Å². The molecule has 0 radical (unpaired) electrons. The van der Waals surface area contributed by atoms with E-state index in [4.69, 9.17) is 0 Å². The van der Waals surface area contributed by atoms with Crippen LogP contribution in [0.2, 0.25) is 0 Å². The van der Waals surface area contributed by atoms with Gasteiger partial charge in [0.25, 0.3) is 0 Å². The Labute approximate surface area is 136 Å². The molecular weight excluding hydrogens is 321 g/mol. The summed E-state index contributed by atoms with van der Waals surface area (Å²) in [6.45, 7) is 0. The summed E-state index contributed by atoms with van der Waals surface area (Å²) < 4.78 is 40.2. The van der Waals surface area contributed by atoms with Crippen LogP contribution < -0.4 is 5.32 Å². The van der Waals surface area contributed by atoms with Gasteiger partial charge in [0, 0.05) is 24.5 Å². The number of rotatable bonds is 3. The normalized spacial score (nSPS) is 21.5. The first-order valence-corrected chi connectivity index (χ1v) is 7.78. The van der Waals surface area contributed by atoms with E-state index in [0.29, 0.717) is 24.3 Å². The van der Waals surface area contributed by atoms with Crippen LogP contribution in [-0.2, 0) is 4.79 Å². The first kappa shape index (κ1) is 16.5. The van der Waals surface area contributed by atoms with Crippen molar-refractivity contribution in [3.05, 3.63) is 36.8 Å². The third kappa shape index (κ3) is 3.58. The van der Waals surface area contributed by atoms with E-state index in [9.17, 15) is 18.0 Å². The summed E-state index contributed by atoms with van der Waals surface area (Å²) in [6, 6.07) is 5.03. The van der Waals surface area contributed by atoms with Crippen LogP contribution in [0.1, 0.15) is 25.7 Å². The summed E-state index contributed by atoms with van der Waals surface area (Å²) in [6.07, 6.45) is 1.39. The van der Waals surface area contributed by atoms with E-state index in [0.717, 1.165) is 0 Å². The molecular formula is C16H17F3N4O. The Morgan fingerprint density at radius 1 is 1.25 bits per heavy atom. The van der Waals surface area contributed by atoms with Crippen LogP contribution in [0.5, 0.6) is 0 Å². The van der Waals surface area contributed by atoms with Crippen molar-refractivity contribution >= 4 is 11.6 Å². The number of alkyl halides is 3. The van der Waals surface area contributed by atoms with Crippen LogP contribution in [0.15, 0.2) is 36.8 Å². The molecule has 2 aromatic rings. The van der Waals surface area contributed by atoms with Crippen molar-refractivity contribution in [2.45, 2.75) is 31.9 Å². The minimum absolute atomic E-state index is 0.0959. The van der Waals surface area contributed by atoms with Gasteiger partial charge in [-0.1, -0.05) is 6.42 Å². The van der Waals surface area contributed by atoms with Crippen LogP contribution in [0.4, 0.5) is 18.9 Å². The number of pyridine rings is 1. The first-order chi connectivity index (χ1) is 11.4. The molecule has 2 atom stereocenters. The van der Waals surface area contributed by atoms with Crippen molar-refractivity contribution in [3.63, 3.8) is 0 Å². The van der Waals surface area contributed by atoms with Crippen LogP contribution in [0.25, 0.3) is 5.82 Å². The average Bonchev–Trinajstić information content (AvgIpc) is 3.09. The number of carbonyl (C=O) groups excluding carboxylic acids is 1. The quantitative estimate of drug-likeness (QED) is 0.931. The Morgan fingerprint density at radius 2 is 2.08 bits per heavy atom. The highest BCUT2D eigenvalue weighted by Gasteiger charge is 2.43. The summed E-state index contributed by atoms with van der Waals surface area (Å²) in [7, 11) is 0. The van der Waals surface area contributed by atoms with Gasteiger partial charge >= 0.3 is 6.18 Å². The van der Waals surface area contributed by atoms with E-state index in [2.05, 4.69) is 15.4 Å². The molecule has 0 saturated heterocycles. The van der Waals surface area contributed by atoms with Crippen LogP contribution in [0, 0.1) is 11.8 Å². The number of carbonyl (C=O) groups is 1. The molecule has 1 aliphatic rings. The molecule has 0 bridgehead atoms. The van der Waals surface area contributed by atoms with Crippen molar-refractivity contribution in [3.8, 4) is 5.82 Å². The number of anilines is 1. The summed E-state index contributed by atoms with van der Waals surface area (Å²) in [5, 5.41) is 6.78. The topological polar surface area (TPSA) is 59.8 Å². The lowest BCUT2D eigenvalue weighted by molar-refractivity contribution is -0.185. The van der Waals surface area contributed by atoms with Crippen molar-refractivity contribution in [1.82, 2.24) is 14.8 Å². The number of hydrogen-bond acceptors (Lipinski definition) is 3. The van der Waals surface area contributed by atoms with Gasteiger partial charge < -0.3 is 5.32 Å². The van der Waals surface area contributed by atoms with Crippen molar-refractivity contribution in [2.75, 3.05) is 5.32 Å². The Hall–Kier alpha value is -2.38. The summed E-state index contributed by atoms with van der Waals surface area (Å²) in [4.78, 5) is 16.6.